The fourth-order valence-corrected chi connectivity index (χ4v) is 2.63. The van der Waals surface area contributed by atoms with Gasteiger partial charge in [0.2, 0.25) is 5.91 Å². The Morgan fingerprint density at radius 3 is 2.39 bits per heavy atom. The molecule has 1 atom stereocenters. The van der Waals surface area contributed by atoms with E-state index in [0.29, 0.717) is 11.4 Å². The van der Waals surface area contributed by atoms with E-state index < -0.39 is 6.04 Å². The van der Waals surface area contributed by atoms with E-state index in [-0.39, 0.29) is 24.1 Å². The predicted molar refractivity (Wildman–Crippen MR) is 86.8 cm³/mol. The molecule has 5 heteroatoms. The van der Waals surface area contributed by atoms with E-state index >= 15 is 0 Å². The van der Waals surface area contributed by atoms with Crippen LogP contribution >= 0.6 is 0 Å². The molecular weight excluding hydrogens is 295 g/mol. The predicted octanol–water partition coefficient (Wildman–Crippen LogP) is 3.19. The maximum atomic E-state index is 12.9. The molecule has 1 saturated heterocycles. The first kappa shape index (κ1) is 15.2. The number of amides is 2. The molecule has 0 bridgehead atoms. The number of imide groups is 1. The highest BCUT2D eigenvalue weighted by Gasteiger charge is 2.39. The van der Waals surface area contributed by atoms with E-state index in [2.05, 4.69) is 5.32 Å². The summed E-state index contributed by atoms with van der Waals surface area (Å²) in [4.78, 5) is 26.0. The van der Waals surface area contributed by atoms with Crippen LogP contribution in [-0.4, -0.2) is 17.9 Å². The highest BCUT2D eigenvalue weighted by molar-refractivity contribution is 6.23. The molecule has 0 radical (unpaired) electrons. The van der Waals surface area contributed by atoms with Crippen molar-refractivity contribution in [1.82, 2.24) is 0 Å². The van der Waals surface area contributed by atoms with Crippen molar-refractivity contribution in [3.05, 3.63) is 59.4 Å². The van der Waals surface area contributed by atoms with Gasteiger partial charge >= 0.3 is 0 Å². The van der Waals surface area contributed by atoms with Crippen molar-refractivity contribution in [3.63, 3.8) is 0 Å². The summed E-state index contributed by atoms with van der Waals surface area (Å²) in [6, 6.07) is 10.6. The zero-order valence-corrected chi connectivity index (χ0v) is 13.0. The second-order valence-electron chi connectivity index (χ2n) is 5.74. The normalized spacial score (nSPS) is 17.7. The molecule has 2 aromatic rings. The minimum Gasteiger partial charge on any atom is -0.373 e. The van der Waals surface area contributed by atoms with Crippen molar-refractivity contribution < 1.29 is 14.0 Å². The summed E-state index contributed by atoms with van der Waals surface area (Å²) in [7, 11) is 0. The number of benzene rings is 2. The minimum absolute atomic E-state index is 0.0864. The third-order valence-electron chi connectivity index (χ3n) is 4.08. The quantitative estimate of drug-likeness (QED) is 0.886. The van der Waals surface area contributed by atoms with Crippen LogP contribution in [0.25, 0.3) is 0 Å². The molecule has 1 fully saturated rings. The molecule has 1 aliphatic rings. The second-order valence-corrected chi connectivity index (χ2v) is 5.74. The number of carbonyl (C=O) groups excluding carboxylic acids is 2. The van der Waals surface area contributed by atoms with Crippen LogP contribution in [0, 0.1) is 19.7 Å². The Labute approximate surface area is 133 Å². The molecule has 1 unspecified atom stereocenters. The topological polar surface area (TPSA) is 49.4 Å². The highest BCUT2D eigenvalue weighted by Crippen LogP contribution is 2.26. The molecule has 23 heavy (non-hydrogen) atoms. The number of nitrogens with one attached hydrogen (secondary N) is 1. The van der Waals surface area contributed by atoms with E-state index in [1.165, 1.54) is 17.0 Å². The van der Waals surface area contributed by atoms with Gasteiger partial charge in [-0.2, -0.15) is 0 Å². The molecule has 2 aromatic carbocycles. The van der Waals surface area contributed by atoms with E-state index in [0.717, 1.165) is 11.1 Å². The molecule has 0 aliphatic carbocycles. The number of carbonyl (C=O) groups is 2. The van der Waals surface area contributed by atoms with Crippen LogP contribution in [0.15, 0.2) is 42.5 Å². The standard InChI is InChI=1S/C18H17FN2O2/c1-11-3-8-15(9-12(11)2)21-17(22)10-16(18(21)23)20-14-6-4-13(19)5-7-14/h3-9,16,20H,10H2,1-2H3. The summed E-state index contributed by atoms with van der Waals surface area (Å²) in [5, 5.41) is 3.00. The number of anilines is 2. The van der Waals surface area contributed by atoms with Crippen LogP contribution in [0.2, 0.25) is 0 Å². The van der Waals surface area contributed by atoms with E-state index in [1.807, 2.05) is 26.0 Å². The summed E-state index contributed by atoms with van der Waals surface area (Å²) in [6.07, 6.45) is 0.0864. The van der Waals surface area contributed by atoms with E-state index in [4.69, 9.17) is 0 Å². The summed E-state index contributed by atoms with van der Waals surface area (Å²) in [6.45, 7) is 3.92. The Kier molecular flexibility index (Phi) is 3.86. The van der Waals surface area contributed by atoms with Gasteiger partial charge in [0.15, 0.2) is 0 Å². The van der Waals surface area contributed by atoms with Gasteiger partial charge in [-0.1, -0.05) is 6.07 Å². The van der Waals surface area contributed by atoms with Gasteiger partial charge in [-0.25, -0.2) is 9.29 Å². The first-order chi connectivity index (χ1) is 11.0. The average Bonchev–Trinajstić information content (AvgIpc) is 2.79. The van der Waals surface area contributed by atoms with Crippen LogP contribution in [0.4, 0.5) is 15.8 Å². The van der Waals surface area contributed by atoms with Gasteiger partial charge in [0, 0.05) is 5.69 Å². The van der Waals surface area contributed by atoms with Gasteiger partial charge in [-0.05, 0) is 61.4 Å². The van der Waals surface area contributed by atoms with Crippen molar-refractivity contribution >= 4 is 23.2 Å². The van der Waals surface area contributed by atoms with E-state index in [1.54, 1.807) is 18.2 Å². The molecule has 118 valence electrons. The molecule has 0 saturated carbocycles. The van der Waals surface area contributed by atoms with Gasteiger partial charge in [0.25, 0.3) is 5.91 Å². The lowest BCUT2D eigenvalue weighted by Gasteiger charge is -2.17. The maximum Gasteiger partial charge on any atom is 0.256 e. The van der Waals surface area contributed by atoms with Gasteiger partial charge in [-0.3, -0.25) is 9.59 Å². The van der Waals surface area contributed by atoms with Gasteiger partial charge in [0.1, 0.15) is 11.9 Å². The smallest absolute Gasteiger partial charge is 0.256 e. The number of hydrogen-bond donors (Lipinski definition) is 1. The zero-order valence-electron chi connectivity index (χ0n) is 13.0. The Balaban J connectivity index is 1.82. The lowest BCUT2D eigenvalue weighted by molar-refractivity contribution is -0.121. The summed E-state index contributed by atoms with van der Waals surface area (Å²) < 4.78 is 12.9. The Hall–Kier alpha value is -2.69. The Morgan fingerprint density at radius 1 is 1.04 bits per heavy atom. The zero-order chi connectivity index (χ0) is 16.6. The third kappa shape index (κ3) is 2.95. The molecule has 3 rings (SSSR count). The summed E-state index contributed by atoms with van der Waals surface area (Å²) in [5.74, 6) is -0.874. The van der Waals surface area contributed by atoms with Gasteiger partial charge in [-0.15, -0.1) is 0 Å². The number of aryl methyl sites for hydroxylation is 2. The maximum absolute atomic E-state index is 12.9. The van der Waals surface area contributed by atoms with Crippen LogP contribution in [-0.2, 0) is 9.59 Å². The molecule has 0 aromatic heterocycles. The Bertz CT molecular complexity index is 771. The highest BCUT2D eigenvalue weighted by atomic mass is 19.1. The molecule has 1 heterocycles. The van der Waals surface area contributed by atoms with Gasteiger partial charge < -0.3 is 5.32 Å². The number of rotatable bonds is 3. The number of hydrogen-bond acceptors (Lipinski definition) is 3. The largest absolute Gasteiger partial charge is 0.373 e. The van der Waals surface area contributed by atoms with Crippen LogP contribution < -0.4 is 10.2 Å². The molecule has 2 amide bonds. The second kappa shape index (κ2) is 5.83. The minimum atomic E-state index is -0.630. The monoisotopic (exact) mass is 312 g/mol. The summed E-state index contributed by atoms with van der Waals surface area (Å²) in [5.41, 5.74) is 3.33. The number of nitrogens with zero attached hydrogens (tertiary/aromatic N) is 1. The van der Waals surface area contributed by atoms with Crippen LogP contribution in [0.1, 0.15) is 17.5 Å². The number of halogens is 1. The molecular formula is C18H17FN2O2. The molecule has 0 spiro atoms. The lowest BCUT2D eigenvalue weighted by atomic mass is 10.1. The third-order valence-corrected chi connectivity index (χ3v) is 4.08. The van der Waals surface area contributed by atoms with Crippen LogP contribution in [0.5, 0.6) is 0 Å². The molecule has 4 nitrogen and oxygen atoms in total. The van der Waals surface area contributed by atoms with Crippen molar-refractivity contribution in [3.8, 4) is 0 Å². The first-order valence-corrected chi connectivity index (χ1v) is 7.42. The Morgan fingerprint density at radius 2 is 1.74 bits per heavy atom. The van der Waals surface area contributed by atoms with Crippen molar-refractivity contribution in [1.29, 1.82) is 0 Å². The average molecular weight is 312 g/mol. The lowest BCUT2D eigenvalue weighted by Crippen LogP contribution is -2.34. The fourth-order valence-electron chi connectivity index (χ4n) is 2.63. The van der Waals surface area contributed by atoms with Crippen molar-refractivity contribution in [2.75, 3.05) is 10.2 Å². The summed E-state index contributed by atoms with van der Waals surface area (Å²) >= 11 is 0. The van der Waals surface area contributed by atoms with Crippen molar-refractivity contribution in [2.45, 2.75) is 26.3 Å². The van der Waals surface area contributed by atoms with Crippen molar-refractivity contribution in [2.24, 2.45) is 0 Å². The fraction of sp³-hybridized carbons (Fsp3) is 0.222. The van der Waals surface area contributed by atoms with Gasteiger partial charge in [0.05, 0.1) is 12.1 Å². The first-order valence-electron chi connectivity index (χ1n) is 7.42. The molecule has 1 aliphatic heterocycles. The van der Waals surface area contributed by atoms with Crippen LogP contribution in [0.3, 0.4) is 0 Å². The SMILES string of the molecule is Cc1ccc(N2C(=O)CC(Nc3ccc(F)cc3)C2=O)cc1C. The van der Waals surface area contributed by atoms with E-state index in [9.17, 15) is 14.0 Å². The molecule has 1 N–H and O–H groups in total.